The summed E-state index contributed by atoms with van der Waals surface area (Å²) in [4.78, 5) is 39.6. The average Bonchev–Trinajstić information content (AvgIpc) is 2.85. The van der Waals surface area contributed by atoms with Crippen molar-refractivity contribution in [2.45, 2.75) is 25.3 Å². The van der Waals surface area contributed by atoms with Crippen LogP contribution in [0.15, 0.2) is 47.5 Å². The van der Waals surface area contributed by atoms with Gasteiger partial charge in [-0.3, -0.25) is 4.79 Å². The maximum Gasteiger partial charge on any atom is 0.326 e. The predicted molar refractivity (Wildman–Crippen MR) is 148 cm³/mol. The van der Waals surface area contributed by atoms with Crippen LogP contribution in [0.4, 0.5) is 4.79 Å². The standard InChI is InChI=1S/C26H25Cl4N3O4/c27-19-6-4-15(11-21(19)29)9-17-13-33(26(37)32-23(25(35)36)3-1-2-8-31)14-18(24(17)34)10-16-5-7-20(28)22(30)12-16/h4-7,9-12,23H,1-3,8,13-14,31H2,(H,32,37)(H,35,36)/b17-9+,18-10+/t23-/m0/s1. The molecule has 0 bridgehead atoms. The Morgan fingerprint density at radius 1 is 0.919 bits per heavy atom. The normalized spacial score (nSPS) is 16.8. The fourth-order valence-corrected chi connectivity index (χ4v) is 4.39. The van der Waals surface area contributed by atoms with Gasteiger partial charge in [0.1, 0.15) is 6.04 Å². The van der Waals surface area contributed by atoms with Crippen molar-refractivity contribution in [3.63, 3.8) is 0 Å². The van der Waals surface area contributed by atoms with E-state index in [2.05, 4.69) is 5.32 Å². The second-order valence-electron chi connectivity index (χ2n) is 8.50. The van der Waals surface area contributed by atoms with Crippen LogP contribution < -0.4 is 11.1 Å². The third-order valence-electron chi connectivity index (χ3n) is 5.70. The summed E-state index contributed by atoms with van der Waals surface area (Å²) in [5, 5.41) is 13.5. The highest BCUT2D eigenvalue weighted by atomic mass is 35.5. The van der Waals surface area contributed by atoms with E-state index in [4.69, 9.17) is 52.1 Å². The van der Waals surface area contributed by atoms with Gasteiger partial charge in [-0.25, -0.2) is 9.59 Å². The second-order valence-corrected chi connectivity index (χ2v) is 10.1. The van der Waals surface area contributed by atoms with Gasteiger partial charge in [-0.15, -0.1) is 0 Å². The lowest BCUT2D eigenvalue weighted by Gasteiger charge is -2.31. The van der Waals surface area contributed by atoms with Gasteiger partial charge in [0, 0.05) is 11.1 Å². The topological polar surface area (TPSA) is 113 Å². The van der Waals surface area contributed by atoms with E-state index in [1.165, 1.54) is 4.90 Å². The number of carbonyl (C=O) groups is 3. The monoisotopic (exact) mass is 583 g/mol. The Kier molecular flexibility index (Phi) is 10.4. The quantitative estimate of drug-likeness (QED) is 0.262. The smallest absolute Gasteiger partial charge is 0.326 e. The highest BCUT2D eigenvalue weighted by Crippen LogP contribution is 2.28. The molecule has 0 radical (unpaired) electrons. The molecule has 3 rings (SSSR count). The molecule has 7 nitrogen and oxygen atoms in total. The first-order valence-corrected chi connectivity index (χ1v) is 12.9. The molecule has 0 spiro atoms. The molecule has 196 valence electrons. The molecule has 1 aliphatic rings. The maximum atomic E-state index is 13.4. The van der Waals surface area contributed by atoms with E-state index in [1.54, 1.807) is 48.6 Å². The SMILES string of the molecule is NCCCC[C@H](NC(=O)N1C/C(=C\c2ccc(Cl)c(Cl)c2)C(=O)/C(=C/c2ccc(Cl)c(Cl)c2)C1)C(=O)O. The first-order chi connectivity index (χ1) is 17.6. The van der Waals surface area contributed by atoms with Crippen molar-refractivity contribution < 1.29 is 19.5 Å². The van der Waals surface area contributed by atoms with Gasteiger partial charge in [0.15, 0.2) is 5.78 Å². The van der Waals surface area contributed by atoms with E-state index in [-0.39, 0.29) is 25.3 Å². The molecular formula is C26H25Cl4N3O4. The highest BCUT2D eigenvalue weighted by Gasteiger charge is 2.31. The first-order valence-electron chi connectivity index (χ1n) is 11.4. The number of hydrogen-bond donors (Lipinski definition) is 3. The largest absolute Gasteiger partial charge is 0.480 e. The first kappa shape index (κ1) is 29.0. The lowest BCUT2D eigenvalue weighted by atomic mass is 9.94. The van der Waals surface area contributed by atoms with E-state index < -0.39 is 18.0 Å². The van der Waals surface area contributed by atoms with Crippen LogP contribution in [0.5, 0.6) is 0 Å². The Morgan fingerprint density at radius 2 is 1.43 bits per heavy atom. The molecule has 0 saturated carbocycles. The average molecular weight is 585 g/mol. The number of Topliss-reactive ketones (excluding diaryl/α,β-unsaturated/α-hetero) is 1. The number of amides is 2. The van der Waals surface area contributed by atoms with E-state index in [9.17, 15) is 19.5 Å². The summed E-state index contributed by atoms with van der Waals surface area (Å²) in [5.41, 5.74) is 7.38. The van der Waals surface area contributed by atoms with Gasteiger partial charge in [-0.1, -0.05) is 58.5 Å². The van der Waals surface area contributed by atoms with Crippen LogP contribution in [0.3, 0.4) is 0 Å². The number of piperidine rings is 1. The number of nitrogens with one attached hydrogen (secondary N) is 1. The molecule has 4 N–H and O–H groups in total. The molecule has 0 aromatic heterocycles. The third kappa shape index (κ3) is 7.97. The van der Waals surface area contributed by atoms with Crippen molar-refractivity contribution in [2.24, 2.45) is 5.73 Å². The van der Waals surface area contributed by atoms with Gasteiger partial charge in [-0.2, -0.15) is 0 Å². The van der Waals surface area contributed by atoms with Crippen LogP contribution in [0.1, 0.15) is 30.4 Å². The van der Waals surface area contributed by atoms with Crippen LogP contribution in [0.2, 0.25) is 20.1 Å². The fourth-order valence-electron chi connectivity index (χ4n) is 3.78. The van der Waals surface area contributed by atoms with Crippen molar-refractivity contribution in [3.8, 4) is 0 Å². The zero-order valence-corrected chi connectivity index (χ0v) is 22.7. The molecule has 1 fully saturated rings. The van der Waals surface area contributed by atoms with Crippen LogP contribution in [-0.4, -0.2) is 53.5 Å². The minimum atomic E-state index is -1.14. The van der Waals surface area contributed by atoms with E-state index >= 15 is 0 Å². The van der Waals surface area contributed by atoms with Gasteiger partial charge in [0.05, 0.1) is 33.2 Å². The molecule has 1 saturated heterocycles. The van der Waals surface area contributed by atoms with E-state index in [0.717, 1.165) is 0 Å². The van der Waals surface area contributed by atoms with E-state index in [0.29, 0.717) is 61.8 Å². The van der Waals surface area contributed by atoms with Crippen LogP contribution in [-0.2, 0) is 9.59 Å². The molecule has 1 heterocycles. The van der Waals surface area contributed by atoms with Gasteiger partial charge >= 0.3 is 12.0 Å². The van der Waals surface area contributed by atoms with E-state index in [1.807, 2.05) is 0 Å². The molecule has 2 amide bonds. The molecule has 37 heavy (non-hydrogen) atoms. The second kappa shape index (κ2) is 13.3. The third-order valence-corrected chi connectivity index (χ3v) is 7.18. The van der Waals surface area contributed by atoms with Crippen LogP contribution >= 0.6 is 46.4 Å². The number of nitrogens with zero attached hydrogens (tertiary/aromatic N) is 1. The molecule has 11 heteroatoms. The molecule has 0 aliphatic carbocycles. The fraction of sp³-hybridized carbons (Fsp3) is 0.269. The number of likely N-dealkylation sites (tertiary alicyclic amines) is 1. The molecule has 2 aromatic carbocycles. The Hall–Kier alpha value is -2.55. The van der Waals surface area contributed by atoms with Gasteiger partial charge in [0.2, 0.25) is 0 Å². The van der Waals surface area contributed by atoms with Crippen molar-refractivity contribution in [2.75, 3.05) is 19.6 Å². The summed E-state index contributed by atoms with van der Waals surface area (Å²) in [5.74, 6) is -1.41. The molecule has 0 unspecified atom stereocenters. The summed E-state index contributed by atoms with van der Waals surface area (Å²) in [7, 11) is 0. The number of carboxylic acids is 1. The number of unbranched alkanes of at least 4 members (excludes halogenated alkanes) is 1. The minimum Gasteiger partial charge on any atom is -0.480 e. The maximum absolute atomic E-state index is 13.4. The molecule has 1 atom stereocenters. The zero-order chi connectivity index (χ0) is 27.1. The minimum absolute atomic E-state index is 0.0290. The number of urea groups is 1. The van der Waals surface area contributed by atoms with Gasteiger partial charge in [-0.05, 0) is 73.4 Å². The van der Waals surface area contributed by atoms with Crippen molar-refractivity contribution >= 4 is 76.3 Å². The summed E-state index contributed by atoms with van der Waals surface area (Å²) in [6.07, 6.45) is 4.69. The number of rotatable bonds is 8. The van der Waals surface area contributed by atoms with Crippen molar-refractivity contribution in [3.05, 3.63) is 78.8 Å². The van der Waals surface area contributed by atoms with Crippen LogP contribution in [0, 0.1) is 0 Å². The summed E-state index contributed by atoms with van der Waals surface area (Å²) >= 11 is 24.3. The summed E-state index contributed by atoms with van der Waals surface area (Å²) in [6.45, 7) is 0.373. The number of carbonyl (C=O) groups excluding carboxylic acids is 2. The molecule has 1 aliphatic heterocycles. The predicted octanol–water partition coefficient (Wildman–Crippen LogP) is 5.94. The summed E-state index contributed by atoms with van der Waals surface area (Å²) in [6, 6.07) is 8.17. The Bertz CT molecular complexity index is 1190. The highest BCUT2D eigenvalue weighted by molar-refractivity contribution is 6.42. The van der Waals surface area contributed by atoms with Gasteiger partial charge in [0.25, 0.3) is 0 Å². The lowest BCUT2D eigenvalue weighted by Crippen LogP contribution is -2.51. The number of hydrogen-bond acceptors (Lipinski definition) is 4. The number of benzene rings is 2. The Labute approximate surface area is 234 Å². The number of nitrogens with two attached hydrogens (primary N) is 1. The van der Waals surface area contributed by atoms with Gasteiger partial charge < -0.3 is 21.1 Å². The van der Waals surface area contributed by atoms with Crippen LogP contribution in [0.25, 0.3) is 12.2 Å². The number of aliphatic carboxylic acids is 1. The molecular weight excluding hydrogens is 560 g/mol. The number of carboxylic acid groups (broad SMARTS) is 1. The number of halogens is 4. The summed E-state index contributed by atoms with van der Waals surface area (Å²) < 4.78 is 0. The molecule has 2 aromatic rings. The Morgan fingerprint density at radius 3 is 1.86 bits per heavy atom. The lowest BCUT2D eigenvalue weighted by molar-refractivity contribution is -0.139. The zero-order valence-electron chi connectivity index (χ0n) is 19.6. The van der Waals surface area contributed by atoms with Crippen molar-refractivity contribution in [1.29, 1.82) is 0 Å². The number of ketones is 1. The van der Waals surface area contributed by atoms with Crippen molar-refractivity contribution in [1.82, 2.24) is 10.2 Å². The Balaban J connectivity index is 1.94.